The van der Waals surface area contributed by atoms with Crippen LogP contribution in [0.5, 0.6) is 0 Å². The Morgan fingerprint density at radius 2 is 2.29 bits per heavy atom. The molecule has 0 saturated carbocycles. The maximum atomic E-state index is 13.0. The second kappa shape index (κ2) is 5.23. The van der Waals surface area contributed by atoms with Gasteiger partial charge in [0.05, 0.1) is 10.7 Å². The van der Waals surface area contributed by atoms with Crippen LogP contribution in [0, 0.1) is 5.82 Å². The fourth-order valence-electron chi connectivity index (χ4n) is 2.25. The molecular weight excluding hydrogens is 239 g/mol. The first kappa shape index (κ1) is 12.7. The van der Waals surface area contributed by atoms with Gasteiger partial charge < -0.3 is 10.2 Å². The van der Waals surface area contributed by atoms with Crippen molar-refractivity contribution in [3.05, 3.63) is 29.0 Å². The Hall–Kier alpha value is -0.800. The normalized spacial score (nSPS) is 25.1. The number of hydrogen-bond donors (Lipinski definition) is 1. The zero-order valence-electron chi connectivity index (χ0n) is 10.2. The topological polar surface area (TPSA) is 15.3 Å². The lowest BCUT2D eigenvalue weighted by molar-refractivity contribution is 0.397. The van der Waals surface area contributed by atoms with E-state index < -0.39 is 0 Å². The standard InChI is InChI=1S/C13H18ClFN2/c1-3-11-8-17(9(2)7-16-11)13-5-4-10(15)6-12(13)14/h4-6,9,11,16H,3,7-8H2,1-2H3. The van der Waals surface area contributed by atoms with Gasteiger partial charge in [0, 0.05) is 25.2 Å². The van der Waals surface area contributed by atoms with E-state index >= 15 is 0 Å². The van der Waals surface area contributed by atoms with Crippen molar-refractivity contribution in [1.82, 2.24) is 5.32 Å². The Labute approximate surface area is 107 Å². The van der Waals surface area contributed by atoms with Crippen molar-refractivity contribution in [2.45, 2.75) is 32.4 Å². The van der Waals surface area contributed by atoms with Gasteiger partial charge in [-0.25, -0.2) is 4.39 Å². The summed E-state index contributed by atoms with van der Waals surface area (Å²) in [5.41, 5.74) is 0.931. The highest BCUT2D eigenvalue weighted by Gasteiger charge is 2.25. The molecule has 94 valence electrons. The molecule has 1 fully saturated rings. The zero-order valence-corrected chi connectivity index (χ0v) is 11.0. The molecule has 1 aromatic carbocycles. The van der Waals surface area contributed by atoms with E-state index in [9.17, 15) is 4.39 Å². The molecule has 4 heteroatoms. The van der Waals surface area contributed by atoms with Crippen molar-refractivity contribution in [3.63, 3.8) is 0 Å². The Balaban J connectivity index is 2.24. The second-order valence-electron chi connectivity index (χ2n) is 4.61. The number of rotatable bonds is 2. The molecule has 2 atom stereocenters. The lowest BCUT2D eigenvalue weighted by Gasteiger charge is -2.40. The SMILES string of the molecule is CCC1CN(c2ccc(F)cc2Cl)C(C)CN1. The van der Waals surface area contributed by atoms with E-state index in [1.807, 2.05) is 0 Å². The van der Waals surface area contributed by atoms with Crippen LogP contribution in [0.1, 0.15) is 20.3 Å². The second-order valence-corrected chi connectivity index (χ2v) is 5.02. The molecule has 0 amide bonds. The predicted octanol–water partition coefficient (Wildman–Crippen LogP) is 3.06. The van der Waals surface area contributed by atoms with Gasteiger partial charge >= 0.3 is 0 Å². The Morgan fingerprint density at radius 3 is 2.94 bits per heavy atom. The Bertz CT molecular complexity index is 397. The Kier molecular flexibility index (Phi) is 3.89. The average Bonchev–Trinajstić information content (AvgIpc) is 2.30. The zero-order chi connectivity index (χ0) is 12.4. The summed E-state index contributed by atoms with van der Waals surface area (Å²) in [7, 11) is 0. The number of piperazine rings is 1. The first-order chi connectivity index (χ1) is 8.11. The quantitative estimate of drug-likeness (QED) is 0.875. The van der Waals surface area contributed by atoms with Crippen molar-refractivity contribution in [2.75, 3.05) is 18.0 Å². The van der Waals surface area contributed by atoms with Gasteiger partial charge in [0.15, 0.2) is 0 Å². The smallest absolute Gasteiger partial charge is 0.124 e. The Morgan fingerprint density at radius 1 is 1.53 bits per heavy atom. The van der Waals surface area contributed by atoms with Crippen LogP contribution in [0.25, 0.3) is 0 Å². The van der Waals surface area contributed by atoms with E-state index in [4.69, 9.17) is 11.6 Å². The van der Waals surface area contributed by atoms with E-state index in [1.165, 1.54) is 12.1 Å². The van der Waals surface area contributed by atoms with Crippen LogP contribution in [-0.2, 0) is 0 Å². The number of nitrogens with zero attached hydrogens (tertiary/aromatic N) is 1. The van der Waals surface area contributed by atoms with Crippen molar-refractivity contribution in [3.8, 4) is 0 Å². The van der Waals surface area contributed by atoms with Crippen molar-refractivity contribution >= 4 is 17.3 Å². The van der Waals surface area contributed by atoms with E-state index in [-0.39, 0.29) is 5.82 Å². The largest absolute Gasteiger partial charge is 0.365 e. The summed E-state index contributed by atoms with van der Waals surface area (Å²) in [4.78, 5) is 2.26. The molecule has 0 aliphatic carbocycles. The van der Waals surface area contributed by atoms with Crippen LogP contribution >= 0.6 is 11.6 Å². The molecule has 1 N–H and O–H groups in total. The minimum Gasteiger partial charge on any atom is -0.365 e. The maximum Gasteiger partial charge on any atom is 0.124 e. The van der Waals surface area contributed by atoms with Gasteiger partial charge in [-0.15, -0.1) is 0 Å². The average molecular weight is 257 g/mol. The molecule has 1 aromatic rings. The van der Waals surface area contributed by atoms with Crippen molar-refractivity contribution in [2.24, 2.45) is 0 Å². The first-order valence-corrected chi connectivity index (χ1v) is 6.44. The first-order valence-electron chi connectivity index (χ1n) is 6.07. The molecule has 1 aliphatic rings. The summed E-state index contributed by atoms with van der Waals surface area (Å²) in [6, 6.07) is 5.48. The molecule has 2 nitrogen and oxygen atoms in total. The predicted molar refractivity (Wildman–Crippen MR) is 70.3 cm³/mol. The number of anilines is 1. The maximum absolute atomic E-state index is 13.0. The van der Waals surface area contributed by atoms with E-state index in [0.29, 0.717) is 17.1 Å². The van der Waals surface area contributed by atoms with Gasteiger partial charge in [0.1, 0.15) is 5.82 Å². The summed E-state index contributed by atoms with van der Waals surface area (Å²) in [5.74, 6) is -0.284. The molecule has 1 aliphatic heterocycles. The summed E-state index contributed by atoms with van der Waals surface area (Å²) < 4.78 is 13.0. The monoisotopic (exact) mass is 256 g/mol. The van der Waals surface area contributed by atoms with Gasteiger partial charge in [-0.05, 0) is 31.5 Å². The molecular formula is C13H18ClFN2. The fraction of sp³-hybridized carbons (Fsp3) is 0.538. The highest BCUT2D eigenvalue weighted by Crippen LogP contribution is 2.29. The number of benzene rings is 1. The van der Waals surface area contributed by atoms with Crippen LogP contribution < -0.4 is 10.2 Å². The lowest BCUT2D eigenvalue weighted by atomic mass is 10.1. The molecule has 0 bridgehead atoms. The van der Waals surface area contributed by atoms with E-state index in [1.54, 1.807) is 6.07 Å². The van der Waals surface area contributed by atoms with Crippen LogP contribution in [0.2, 0.25) is 5.02 Å². The van der Waals surface area contributed by atoms with Gasteiger partial charge in [0.25, 0.3) is 0 Å². The van der Waals surface area contributed by atoms with Crippen molar-refractivity contribution in [1.29, 1.82) is 0 Å². The molecule has 2 unspecified atom stereocenters. The summed E-state index contributed by atoms with van der Waals surface area (Å²) >= 11 is 6.12. The molecule has 0 aromatic heterocycles. The lowest BCUT2D eigenvalue weighted by Crippen LogP contribution is -2.55. The molecule has 0 radical (unpaired) electrons. The number of hydrogen-bond acceptors (Lipinski definition) is 2. The fourth-order valence-corrected chi connectivity index (χ4v) is 2.53. The van der Waals surface area contributed by atoms with Crippen molar-refractivity contribution < 1.29 is 4.39 Å². The van der Waals surface area contributed by atoms with Gasteiger partial charge in [-0.3, -0.25) is 0 Å². The molecule has 0 spiro atoms. The van der Waals surface area contributed by atoms with Gasteiger partial charge in [-0.2, -0.15) is 0 Å². The minimum absolute atomic E-state index is 0.284. The number of halogens is 2. The highest BCUT2D eigenvalue weighted by atomic mass is 35.5. The van der Waals surface area contributed by atoms with Crippen LogP contribution in [0.15, 0.2) is 18.2 Å². The van der Waals surface area contributed by atoms with Gasteiger partial charge in [0.2, 0.25) is 0 Å². The van der Waals surface area contributed by atoms with Crippen LogP contribution in [0.4, 0.5) is 10.1 Å². The summed E-state index contributed by atoms with van der Waals surface area (Å²) in [6.07, 6.45) is 1.09. The summed E-state index contributed by atoms with van der Waals surface area (Å²) in [6.45, 7) is 6.17. The van der Waals surface area contributed by atoms with Crippen LogP contribution in [0.3, 0.4) is 0 Å². The number of nitrogens with one attached hydrogen (secondary N) is 1. The third-order valence-electron chi connectivity index (χ3n) is 3.36. The molecule has 1 heterocycles. The van der Waals surface area contributed by atoms with Gasteiger partial charge in [-0.1, -0.05) is 18.5 Å². The summed E-state index contributed by atoms with van der Waals surface area (Å²) in [5, 5.41) is 3.98. The van der Waals surface area contributed by atoms with Crippen LogP contribution in [-0.4, -0.2) is 25.2 Å². The third kappa shape index (κ3) is 2.72. The third-order valence-corrected chi connectivity index (χ3v) is 3.67. The highest BCUT2D eigenvalue weighted by molar-refractivity contribution is 6.33. The molecule has 2 rings (SSSR count). The minimum atomic E-state index is -0.284. The molecule has 17 heavy (non-hydrogen) atoms. The van der Waals surface area contributed by atoms with E-state index in [2.05, 4.69) is 24.1 Å². The molecule has 1 saturated heterocycles. The van der Waals surface area contributed by atoms with E-state index in [0.717, 1.165) is 25.2 Å².